The van der Waals surface area contributed by atoms with E-state index in [-0.39, 0.29) is 17.0 Å². The molecule has 0 fully saturated rings. The van der Waals surface area contributed by atoms with Crippen molar-refractivity contribution in [2.45, 2.75) is 25.7 Å². The molecule has 34 heavy (non-hydrogen) atoms. The molecule has 0 unspecified atom stereocenters. The standard InChI is InChI=1S/C25H19FN6O2/c26-18-6-2-1-5-17(18)20-13-23(34-31-20)24(33)27-16-11-9-15(10-12-16)21-14-32-22-8-4-3-7-19(22)29-30-25(32)28-21/h1-2,5-6,9-14H,3-4,7-8H2,(H,27,33). The minimum Gasteiger partial charge on any atom is -0.350 e. The van der Waals surface area contributed by atoms with Crippen LogP contribution < -0.4 is 5.32 Å². The van der Waals surface area contributed by atoms with Crippen LogP contribution in [0.15, 0.2) is 65.3 Å². The van der Waals surface area contributed by atoms with Gasteiger partial charge in [0.2, 0.25) is 5.76 Å². The Kier molecular flexibility index (Phi) is 4.87. The van der Waals surface area contributed by atoms with Crippen LogP contribution in [0, 0.1) is 5.82 Å². The second kappa shape index (κ2) is 8.18. The summed E-state index contributed by atoms with van der Waals surface area (Å²) in [6.07, 6.45) is 6.19. The number of carbonyl (C=O) groups excluding carboxylic acids is 1. The van der Waals surface area contributed by atoms with Crippen molar-refractivity contribution in [3.8, 4) is 22.5 Å². The molecule has 0 aliphatic heterocycles. The van der Waals surface area contributed by atoms with Crippen molar-refractivity contribution in [1.29, 1.82) is 0 Å². The molecule has 0 atom stereocenters. The van der Waals surface area contributed by atoms with Gasteiger partial charge in [0.25, 0.3) is 11.7 Å². The van der Waals surface area contributed by atoms with Crippen LogP contribution in [-0.4, -0.2) is 30.6 Å². The largest absolute Gasteiger partial charge is 0.350 e. The van der Waals surface area contributed by atoms with E-state index >= 15 is 0 Å². The van der Waals surface area contributed by atoms with Gasteiger partial charge in [-0.1, -0.05) is 29.4 Å². The zero-order valence-electron chi connectivity index (χ0n) is 18.0. The van der Waals surface area contributed by atoms with Crippen molar-refractivity contribution in [3.05, 3.63) is 83.8 Å². The van der Waals surface area contributed by atoms with Gasteiger partial charge in [0, 0.05) is 34.8 Å². The first-order chi connectivity index (χ1) is 16.7. The summed E-state index contributed by atoms with van der Waals surface area (Å²) < 4.78 is 21.1. The highest BCUT2D eigenvalue weighted by Crippen LogP contribution is 2.26. The number of nitrogens with zero attached hydrogens (tertiary/aromatic N) is 5. The minimum atomic E-state index is -0.475. The molecule has 9 heteroatoms. The minimum absolute atomic E-state index is 0.00831. The van der Waals surface area contributed by atoms with E-state index in [1.54, 1.807) is 30.3 Å². The monoisotopic (exact) mass is 454 g/mol. The first-order valence-corrected chi connectivity index (χ1v) is 11.0. The number of hydrogen-bond donors (Lipinski definition) is 1. The van der Waals surface area contributed by atoms with Gasteiger partial charge in [-0.3, -0.25) is 9.20 Å². The molecule has 168 valence electrons. The van der Waals surface area contributed by atoms with Crippen LogP contribution in [0.1, 0.15) is 34.8 Å². The fourth-order valence-corrected chi connectivity index (χ4v) is 4.22. The van der Waals surface area contributed by atoms with Crippen molar-refractivity contribution in [2.75, 3.05) is 5.32 Å². The van der Waals surface area contributed by atoms with Crippen LogP contribution in [-0.2, 0) is 12.8 Å². The number of benzene rings is 2. The van der Waals surface area contributed by atoms with Gasteiger partial charge >= 0.3 is 0 Å². The Morgan fingerprint density at radius 3 is 2.68 bits per heavy atom. The molecule has 2 aromatic carbocycles. The van der Waals surface area contributed by atoms with Gasteiger partial charge < -0.3 is 9.84 Å². The lowest BCUT2D eigenvalue weighted by atomic mass is 10.0. The molecular weight excluding hydrogens is 435 g/mol. The van der Waals surface area contributed by atoms with Crippen LogP contribution in [0.5, 0.6) is 0 Å². The molecule has 0 spiro atoms. The van der Waals surface area contributed by atoms with Gasteiger partial charge in [-0.15, -0.1) is 5.10 Å². The second-order valence-electron chi connectivity index (χ2n) is 8.18. The normalized spacial score (nSPS) is 13.1. The molecule has 1 N–H and O–H groups in total. The molecule has 0 bridgehead atoms. The number of aryl methyl sites for hydroxylation is 2. The number of imidazole rings is 1. The quantitative estimate of drug-likeness (QED) is 0.422. The number of rotatable bonds is 4. The van der Waals surface area contributed by atoms with E-state index in [4.69, 9.17) is 4.52 Å². The predicted molar refractivity (Wildman–Crippen MR) is 123 cm³/mol. The Hall–Kier alpha value is -4.40. The number of nitrogens with one attached hydrogen (secondary N) is 1. The average molecular weight is 454 g/mol. The van der Waals surface area contributed by atoms with E-state index in [0.29, 0.717) is 11.5 Å². The predicted octanol–water partition coefficient (Wildman–Crippen LogP) is 4.72. The fourth-order valence-electron chi connectivity index (χ4n) is 4.22. The third kappa shape index (κ3) is 3.61. The van der Waals surface area contributed by atoms with Gasteiger partial charge in [-0.25, -0.2) is 9.37 Å². The highest BCUT2D eigenvalue weighted by atomic mass is 19.1. The lowest BCUT2D eigenvalue weighted by Gasteiger charge is -2.14. The van der Waals surface area contributed by atoms with Crippen molar-refractivity contribution in [1.82, 2.24) is 24.7 Å². The first-order valence-electron chi connectivity index (χ1n) is 11.0. The molecule has 1 aliphatic rings. The van der Waals surface area contributed by atoms with E-state index < -0.39 is 11.7 Å². The van der Waals surface area contributed by atoms with Gasteiger partial charge in [0.05, 0.1) is 11.4 Å². The lowest BCUT2D eigenvalue weighted by Crippen LogP contribution is -2.12. The Morgan fingerprint density at radius 1 is 1.00 bits per heavy atom. The summed E-state index contributed by atoms with van der Waals surface area (Å²) in [5, 5.41) is 15.2. The summed E-state index contributed by atoms with van der Waals surface area (Å²) in [6, 6.07) is 14.9. The second-order valence-corrected chi connectivity index (χ2v) is 8.18. The van der Waals surface area contributed by atoms with E-state index in [1.807, 2.05) is 22.7 Å². The smallest absolute Gasteiger partial charge is 0.294 e. The third-order valence-electron chi connectivity index (χ3n) is 5.97. The molecule has 5 aromatic rings. The molecule has 1 aliphatic carbocycles. The molecule has 0 saturated heterocycles. The van der Waals surface area contributed by atoms with Crippen LogP contribution in [0.2, 0.25) is 0 Å². The molecule has 0 saturated carbocycles. The molecule has 3 heterocycles. The van der Waals surface area contributed by atoms with Crippen LogP contribution in [0.4, 0.5) is 10.1 Å². The number of anilines is 1. The Bertz CT molecular complexity index is 1520. The summed E-state index contributed by atoms with van der Waals surface area (Å²) in [6.45, 7) is 0. The highest BCUT2D eigenvalue weighted by molar-refractivity contribution is 6.02. The zero-order chi connectivity index (χ0) is 23.1. The third-order valence-corrected chi connectivity index (χ3v) is 5.97. The number of carbonyl (C=O) groups is 1. The van der Waals surface area contributed by atoms with Gasteiger partial charge in [0.1, 0.15) is 11.5 Å². The number of halogens is 1. The zero-order valence-corrected chi connectivity index (χ0v) is 18.0. The van der Waals surface area contributed by atoms with Crippen molar-refractivity contribution < 1.29 is 13.7 Å². The topological polar surface area (TPSA) is 98.2 Å². The summed E-state index contributed by atoms with van der Waals surface area (Å²) >= 11 is 0. The van der Waals surface area contributed by atoms with Crippen LogP contribution >= 0.6 is 0 Å². The van der Waals surface area contributed by atoms with Crippen molar-refractivity contribution in [3.63, 3.8) is 0 Å². The van der Waals surface area contributed by atoms with Crippen LogP contribution in [0.25, 0.3) is 28.3 Å². The molecule has 3 aromatic heterocycles. The molecule has 1 amide bonds. The van der Waals surface area contributed by atoms with E-state index in [9.17, 15) is 9.18 Å². The van der Waals surface area contributed by atoms with Gasteiger partial charge in [-0.05, 0) is 49.9 Å². The fraction of sp³-hybridized carbons (Fsp3) is 0.160. The van der Waals surface area contributed by atoms with Gasteiger partial charge in [-0.2, -0.15) is 5.10 Å². The van der Waals surface area contributed by atoms with Crippen LogP contribution in [0.3, 0.4) is 0 Å². The number of amides is 1. The maximum Gasteiger partial charge on any atom is 0.294 e. The number of hydrogen-bond acceptors (Lipinski definition) is 6. The van der Waals surface area contributed by atoms with E-state index in [1.165, 1.54) is 17.8 Å². The summed E-state index contributed by atoms with van der Waals surface area (Å²) in [7, 11) is 0. The van der Waals surface area contributed by atoms with E-state index in [2.05, 4.69) is 25.7 Å². The molecule has 0 radical (unpaired) electrons. The summed E-state index contributed by atoms with van der Waals surface area (Å²) in [4.78, 5) is 17.2. The van der Waals surface area contributed by atoms with Crippen molar-refractivity contribution >= 4 is 17.4 Å². The maximum absolute atomic E-state index is 14.0. The molecular formula is C25H19FN6O2. The number of fused-ring (bicyclic) bond motifs is 3. The average Bonchev–Trinajstić information content (AvgIpc) is 3.53. The van der Waals surface area contributed by atoms with E-state index in [0.717, 1.165) is 42.6 Å². The lowest BCUT2D eigenvalue weighted by molar-refractivity contribution is 0.0988. The summed E-state index contributed by atoms with van der Waals surface area (Å²) in [5.74, 6) is -0.329. The number of aromatic nitrogens is 5. The Balaban J connectivity index is 1.20. The summed E-state index contributed by atoms with van der Waals surface area (Å²) in [5.41, 5.74) is 5.03. The SMILES string of the molecule is O=C(Nc1ccc(-c2cn3c4c(nnc3n2)CCCC4)cc1)c1cc(-c2ccccc2F)no1. The highest BCUT2D eigenvalue weighted by Gasteiger charge is 2.18. The maximum atomic E-state index is 14.0. The molecule has 6 rings (SSSR count). The first kappa shape index (κ1) is 20.2. The Labute approximate surface area is 193 Å². The van der Waals surface area contributed by atoms with Crippen molar-refractivity contribution in [2.24, 2.45) is 0 Å². The van der Waals surface area contributed by atoms with Gasteiger partial charge in [0.15, 0.2) is 0 Å². The molecule has 8 nitrogen and oxygen atoms in total. The Morgan fingerprint density at radius 2 is 1.82 bits per heavy atom.